The second-order valence-corrected chi connectivity index (χ2v) is 3.24. The van der Waals surface area contributed by atoms with Crippen LogP contribution in [0, 0.1) is 5.41 Å². The van der Waals surface area contributed by atoms with Crippen LogP contribution in [0.2, 0.25) is 0 Å². The van der Waals surface area contributed by atoms with Crippen LogP contribution in [-0.4, -0.2) is 26.0 Å². The highest BCUT2D eigenvalue weighted by atomic mass is 16.5. The Labute approximate surface area is 89.9 Å². The van der Waals surface area contributed by atoms with Crippen molar-refractivity contribution in [1.29, 1.82) is 5.41 Å². The van der Waals surface area contributed by atoms with Crippen LogP contribution in [0.4, 0.5) is 0 Å². The number of hydrogen-bond donors (Lipinski definition) is 3. The topological polar surface area (TPSA) is 71.1 Å². The maximum absolute atomic E-state index is 7.23. The Hall–Kier alpha value is -1.55. The average molecular weight is 207 g/mol. The number of nitrogen functional groups attached to an aromatic ring is 1. The Kier molecular flexibility index (Phi) is 4.63. The van der Waals surface area contributed by atoms with Crippen molar-refractivity contribution in [1.82, 2.24) is 5.32 Å². The van der Waals surface area contributed by atoms with Gasteiger partial charge in [0.15, 0.2) is 0 Å². The normalized spacial score (nSPS) is 9.93. The summed E-state index contributed by atoms with van der Waals surface area (Å²) in [4.78, 5) is 0. The van der Waals surface area contributed by atoms with Crippen LogP contribution in [0.25, 0.3) is 0 Å². The number of rotatable bonds is 6. The van der Waals surface area contributed by atoms with E-state index >= 15 is 0 Å². The lowest BCUT2D eigenvalue weighted by Crippen LogP contribution is -2.12. The summed E-state index contributed by atoms with van der Waals surface area (Å²) in [5.41, 5.74) is 6.06. The molecular weight excluding hydrogens is 190 g/mol. The van der Waals surface area contributed by atoms with E-state index in [0.29, 0.717) is 6.61 Å². The van der Waals surface area contributed by atoms with Crippen molar-refractivity contribution >= 4 is 5.84 Å². The van der Waals surface area contributed by atoms with Gasteiger partial charge in [0.2, 0.25) is 0 Å². The third kappa shape index (κ3) is 3.99. The zero-order valence-electron chi connectivity index (χ0n) is 8.92. The summed E-state index contributed by atoms with van der Waals surface area (Å²) in [6.07, 6.45) is 0.977. The lowest BCUT2D eigenvalue weighted by molar-refractivity contribution is 0.310. The van der Waals surface area contributed by atoms with Crippen LogP contribution in [0.3, 0.4) is 0 Å². The highest BCUT2D eigenvalue weighted by Gasteiger charge is 1.97. The first-order valence-electron chi connectivity index (χ1n) is 4.96. The van der Waals surface area contributed by atoms with E-state index in [-0.39, 0.29) is 5.84 Å². The minimum Gasteiger partial charge on any atom is -0.494 e. The number of amidine groups is 1. The fourth-order valence-electron chi connectivity index (χ4n) is 1.17. The lowest BCUT2D eigenvalue weighted by Gasteiger charge is -2.06. The maximum Gasteiger partial charge on any atom is 0.122 e. The molecule has 4 N–H and O–H groups in total. The van der Waals surface area contributed by atoms with Crippen LogP contribution in [0.5, 0.6) is 5.75 Å². The van der Waals surface area contributed by atoms with Gasteiger partial charge in [-0.2, -0.15) is 0 Å². The van der Waals surface area contributed by atoms with Crippen LogP contribution in [0.1, 0.15) is 12.0 Å². The fourth-order valence-corrected chi connectivity index (χ4v) is 1.17. The van der Waals surface area contributed by atoms with Gasteiger partial charge in [-0.05, 0) is 44.3 Å². The van der Waals surface area contributed by atoms with Crippen LogP contribution < -0.4 is 15.8 Å². The van der Waals surface area contributed by atoms with Crippen LogP contribution in [0.15, 0.2) is 24.3 Å². The molecule has 0 saturated carbocycles. The molecule has 4 nitrogen and oxygen atoms in total. The summed E-state index contributed by atoms with van der Waals surface area (Å²) < 4.78 is 5.49. The van der Waals surface area contributed by atoms with Gasteiger partial charge in [0.25, 0.3) is 0 Å². The number of benzene rings is 1. The van der Waals surface area contributed by atoms with Gasteiger partial charge >= 0.3 is 0 Å². The summed E-state index contributed by atoms with van der Waals surface area (Å²) in [5, 5.41) is 10.3. The van der Waals surface area contributed by atoms with Crippen LogP contribution in [-0.2, 0) is 0 Å². The predicted molar refractivity (Wildman–Crippen MR) is 61.5 cm³/mol. The van der Waals surface area contributed by atoms with Crippen molar-refractivity contribution in [3.63, 3.8) is 0 Å². The minimum absolute atomic E-state index is 0.0803. The number of hydrogen-bond acceptors (Lipinski definition) is 3. The van der Waals surface area contributed by atoms with Gasteiger partial charge in [0.1, 0.15) is 11.6 Å². The van der Waals surface area contributed by atoms with Gasteiger partial charge in [-0.15, -0.1) is 0 Å². The molecule has 0 aliphatic heterocycles. The van der Waals surface area contributed by atoms with Crippen molar-refractivity contribution in [3.05, 3.63) is 29.8 Å². The highest BCUT2D eigenvalue weighted by molar-refractivity contribution is 5.94. The first kappa shape index (κ1) is 11.5. The molecule has 0 saturated heterocycles. The molecule has 0 aliphatic rings. The third-order valence-corrected chi connectivity index (χ3v) is 2.01. The van der Waals surface area contributed by atoms with Crippen molar-refractivity contribution in [2.75, 3.05) is 20.2 Å². The average Bonchev–Trinajstić information content (AvgIpc) is 2.25. The predicted octanol–water partition coefficient (Wildman–Crippen LogP) is 0.959. The molecule has 15 heavy (non-hydrogen) atoms. The molecule has 0 aliphatic carbocycles. The van der Waals surface area contributed by atoms with Gasteiger partial charge in [-0.1, -0.05) is 0 Å². The Morgan fingerprint density at radius 1 is 1.40 bits per heavy atom. The zero-order chi connectivity index (χ0) is 11.1. The van der Waals surface area contributed by atoms with Crippen molar-refractivity contribution in [3.8, 4) is 5.75 Å². The summed E-state index contributed by atoms with van der Waals surface area (Å²) in [6, 6.07) is 7.23. The molecule has 0 unspecified atom stereocenters. The van der Waals surface area contributed by atoms with E-state index in [1.165, 1.54) is 0 Å². The minimum atomic E-state index is 0.0803. The van der Waals surface area contributed by atoms with E-state index < -0.39 is 0 Å². The van der Waals surface area contributed by atoms with Gasteiger partial charge in [0, 0.05) is 5.56 Å². The summed E-state index contributed by atoms with van der Waals surface area (Å²) >= 11 is 0. The number of nitrogens with one attached hydrogen (secondary N) is 2. The molecule has 0 fully saturated rings. The van der Waals surface area contributed by atoms with E-state index in [4.69, 9.17) is 15.9 Å². The Morgan fingerprint density at radius 2 is 2.07 bits per heavy atom. The Bertz CT molecular complexity index is 308. The van der Waals surface area contributed by atoms with Gasteiger partial charge < -0.3 is 15.8 Å². The molecule has 0 aromatic heterocycles. The molecule has 1 aromatic carbocycles. The quantitative estimate of drug-likeness (QED) is 0.369. The number of nitrogens with two attached hydrogens (primary N) is 1. The second kappa shape index (κ2) is 6.03. The first-order valence-corrected chi connectivity index (χ1v) is 4.96. The van der Waals surface area contributed by atoms with Crippen molar-refractivity contribution in [2.45, 2.75) is 6.42 Å². The van der Waals surface area contributed by atoms with E-state index in [9.17, 15) is 0 Å². The highest BCUT2D eigenvalue weighted by Crippen LogP contribution is 2.11. The molecule has 4 heteroatoms. The lowest BCUT2D eigenvalue weighted by atomic mass is 10.2. The zero-order valence-corrected chi connectivity index (χ0v) is 8.92. The van der Waals surface area contributed by atoms with Gasteiger partial charge in [-0.3, -0.25) is 5.41 Å². The molecule has 82 valence electrons. The third-order valence-electron chi connectivity index (χ3n) is 2.01. The molecule has 0 radical (unpaired) electrons. The smallest absolute Gasteiger partial charge is 0.122 e. The first-order chi connectivity index (χ1) is 7.24. The second-order valence-electron chi connectivity index (χ2n) is 3.24. The maximum atomic E-state index is 7.23. The standard InChI is InChI=1S/C11H17N3O/c1-14-7-2-8-15-10-5-3-9(4-6-10)11(12)13/h3-6,14H,2,7-8H2,1H3,(H3,12,13). The van der Waals surface area contributed by atoms with Gasteiger partial charge in [-0.25, -0.2) is 0 Å². The van der Waals surface area contributed by atoms with E-state index in [2.05, 4.69) is 5.32 Å². The summed E-state index contributed by atoms with van der Waals surface area (Å²) in [7, 11) is 1.92. The van der Waals surface area contributed by atoms with Crippen molar-refractivity contribution in [2.24, 2.45) is 5.73 Å². The largest absolute Gasteiger partial charge is 0.494 e. The van der Waals surface area contributed by atoms with E-state index in [1.807, 2.05) is 19.2 Å². The van der Waals surface area contributed by atoms with E-state index in [0.717, 1.165) is 24.3 Å². The summed E-state index contributed by atoms with van der Waals surface area (Å²) in [5.74, 6) is 0.896. The molecular formula is C11H17N3O. The molecule has 1 aromatic rings. The Morgan fingerprint density at radius 3 is 2.60 bits per heavy atom. The Balaban J connectivity index is 2.39. The molecule has 1 rings (SSSR count). The SMILES string of the molecule is CNCCCOc1ccc(C(=N)N)cc1. The molecule has 0 amide bonds. The van der Waals surface area contributed by atoms with Crippen LogP contribution >= 0.6 is 0 Å². The molecule has 0 atom stereocenters. The van der Waals surface area contributed by atoms with Gasteiger partial charge in [0.05, 0.1) is 6.61 Å². The number of ether oxygens (including phenoxy) is 1. The molecule has 0 bridgehead atoms. The molecule has 0 spiro atoms. The summed E-state index contributed by atoms with van der Waals surface area (Å²) in [6.45, 7) is 1.64. The molecule has 0 heterocycles. The monoisotopic (exact) mass is 207 g/mol. The fraction of sp³-hybridized carbons (Fsp3) is 0.364. The van der Waals surface area contributed by atoms with E-state index in [1.54, 1.807) is 12.1 Å². The van der Waals surface area contributed by atoms with Crippen molar-refractivity contribution < 1.29 is 4.74 Å².